The first-order valence-electron chi connectivity index (χ1n) is 5.87. The monoisotopic (exact) mass is 305 g/mol. The lowest BCUT2D eigenvalue weighted by Gasteiger charge is -2.27. The molecule has 0 radical (unpaired) electrons. The molecule has 21 heavy (non-hydrogen) atoms. The van der Waals surface area contributed by atoms with Crippen LogP contribution in [0.5, 0.6) is 0 Å². The maximum atomic E-state index is 12.4. The van der Waals surface area contributed by atoms with Crippen molar-refractivity contribution in [1.29, 1.82) is 0 Å². The minimum absolute atomic E-state index is 0.0202. The zero-order valence-corrected chi connectivity index (χ0v) is 11.2. The van der Waals surface area contributed by atoms with Crippen molar-refractivity contribution in [2.45, 2.75) is 12.7 Å². The molecule has 0 bridgehead atoms. The molecule has 1 N–H and O–H groups in total. The van der Waals surface area contributed by atoms with Gasteiger partial charge in [-0.2, -0.15) is 13.2 Å². The van der Waals surface area contributed by atoms with Crippen molar-refractivity contribution in [2.24, 2.45) is 0 Å². The number of aliphatic carboxylic acids is 1. The van der Waals surface area contributed by atoms with Crippen LogP contribution < -0.4 is 0 Å². The van der Waals surface area contributed by atoms with E-state index in [-0.39, 0.29) is 11.4 Å². The number of alkyl halides is 3. The van der Waals surface area contributed by atoms with E-state index in [1.807, 2.05) is 0 Å². The number of nitrogens with zero attached hydrogens (tertiary/aromatic N) is 3. The van der Waals surface area contributed by atoms with Crippen LogP contribution in [-0.2, 0) is 11.3 Å². The number of hydrogen-bond acceptors (Lipinski definition) is 3. The highest BCUT2D eigenvalue weighted by Crippen LogP contribution is 2.17. The van der Waals surface area contributed by atoms with Gasteiger partial charge < -0.3 is 14.9 Å². The molecule has 6 nitrogen and oxygen atoms in total. The number of hydrogen-bond donors (Lipinski definition) is 1. The van der Waals surface area contributed by atoms with Gasteiger partial charge >= 0.3 is 18.2 Å². The second-order valence-electron chi connectivity index (χ2n) is 4.32. The Morgan fingerprint density at radius 2 is 2.00 bits per heavy atom. The number of carboxylic acids is 1. The van der Waals surface area contributed by atoms with Crippen molar-refractivity contribution in [3.63, 3.8) is 0 Å². The summed E-state index contributed by atoms with van der Waals surface area (Å²) < 4.78 is 37.2. The van der Waals surface area contributed by atoms with E-state index in [9.17, 15) is 22.8 Å². The molecule has 116 valence electrons. The Morgan fingerprint density at radius 1 is 1.33 bits per heavy atom. The molecule has 1 aromatic rings. The van der Waals surface area contributed by atoms with Gasteiger partial charge in [0.25, 0.3) is 0 Å². The third-order valence-electron chi connectivity index (χ3n) is 2.42. The Labute approximate surface area is 118 Å². The largest absolute Gasteiger partial charge is 0.480 e. The van der Waals surface area contributed by atoms with E-state index < -0.39 is 31.3 Å². The predicted octanol–water partition coefficient (Wildman–Crippen LogP) is 1.58. The minimum atomic E-state index is -4.67. The number of carbonyl (C=O) groups excluding carboxylic acids is 1. The van der Waals surface area contributed by atoms with Crippen LogP contribution in [0.4, 0.5) is 18.0 Å². The number of urea groups is 1. The van der Waals surface area contributed by atoms with E-state index in [1.54, 1.807) is 18.2 Å². The molecule has 0 spiro atoms. The van der Waals surface area contributed by atoms with Crippen LogP contribution in [0.15, 0.2) is 24.4 Å². The molecule has 0 aromatic carbocycles. The molecule has 1 aromatic heterocycles. The number of amides is 2. The van der Waals surface area contributed by atoms with Crippen LogP contribution in [-0.4, -0.2) is 58.2 Å². The molecule has 0 aliphatic heterocycles. The van der Waals surface area contributed by atoms with Crippen LogP contribution in [0.1, 0.15) is 5.69 Å². The maximum Gasteiger partial charge on any atom is 0.406 e. The summed E-state index contributed by atoms with van der Waals surface area (Å²) >= 11 is 0. The summed E-state index contributed by atoms with van der Waals surface area (Å²) in [6.45, 7) is -2.66. The zero-order chi connectivity index (χ0) is 16.0. The van der Waals surface area contributed by atoms with E-state index >= 15 is 0 Å². The lowest BCUT2D eigenvalue weighted by Crippen LogP contribution is -2.47. The van der Waals surface area contributed by atoms with Crippen molar-refractivity contribution in [3.8, 4) is 0 Å². The van der Waals surface area contributed by atoms with Gasteiger partial charge in [0.1, 0.15) is 13.1 Å². The summed E-state index contributed by atoms with van der Waals surface area (Å²) in [6, 6.07) is 3.91. The summed E-state index contributed by atoms with van der Waals surface area (Å²) in [4.78, 5) is 27.7. The average molecular weight is 305 g/mol. The summed E-state index contributed by atoms with van der Waals surface area (Å²) in [7, 11) is 1.28. The fourth-order valence-electron chi connectivity index (χ4n) is 1.61. The third-order valence-corrected chi connectivity index (χ3v) is 2.42. The molecule has 0 saturated carbocycles. The van der Waals surface area contributed by atoms with Crippen LogP contribution in [0.25, 0.3) is 0 Å². The van der Waals surface area contributed by atoms with Crippen molar-refractivity contribution in [2.75, 3.05) is 20.1 Å². The molecule has 1 rings (SSSR count). The summed E-state index contributed by atoms with van der Waals surface area (Å²) in [6.07, 6.45) is -3.19. The van der Waals surface area contributed by atoms with E-state index in [1.165, 1.54) is 13.2 Å². The van der Waals surface area contributed by atoms with E-state index in [4.69, 9.17) is 5.11 Å². The molecule has 9 heteroatoms. The third kappa shape index (κ3) is 6.11. The zero-order valence-electron chi connectivity index (χ0n) is 11.2. The fourth-order valence-corrected chi connectivity index (χ4v) is 1.61. The second kappa shape index (κ2) is 6.91. The standard InChI is InChI=1S/C12H14F3N3O3/c1-17(6-9-4-2-3-5-16-9)11(21)18(7-10(19)20)8-12(13,14)15/h2-5H,6-8H2,1H3,(H,19,20). The number of pyridine rings is 1. The highest BCUT2D eigenvalue weighted by molar-refractivity contribution is 5.80. The number of rotatable bonds is 5. The molecule has 1 heterocycles. The average Bonchev–Trinajstić information content (AvgIpc) is 2.36. The van der Waals surface area contributed by atoms with Gasteiger partial charge in [-0.25, -0.2) is 4.79 Å². The minimum Gasteiger partial charge on any atom is -0.480 e. The van der Waals surface area contributed by atoms with Gasteiger partial charge in [0.15, 0.2) is 0 Å². The summed E-state index contributed by atoms with van der Waals surface area (Å²) in [5, 5.41) is 8.61. The van der Waals surface area contributed by atoms with E-state index in [2.05, 4.69) is 4.98 Å². The lowest BCUT2D eigenvalue weighted by atomic mass is 10.3. The van der Waals surface area contributed by atoms with Crippen molar-refractivity contribution in [3.05, 3.63) is 30.1 Å². The first-order valence-corrected chi connectivity index (χ1v) is 5.87. The van der Waals surface area contributed by atoms with Gasteiger partial charge in [-0.3, -0.25) is 9.78 Å². The second-order valence-corrected chi connectivity index (χ2v) is 4.32. The molecule has 0 aliphatic rings. The van der Waals surface area contributed by atoms with E-state index in [0.717, 1.165) is 4.90 Å². The van der Waals surface area contributed by atoms with Gasteiger partial charge in [-0.1, -0.05) is 6.07 Å². The Hall–Kier alpha value is -2.32. The molecule has 0 aliphatic carbocycles. The highest BCUT2D eigenvalue weighted by Gasteiger charge is 2.35. The van der Waals surface area contributed by atoms with Crippen LogP contribution in [0.3, 0.4) is 0 Å². The quantitative estimate of drug-likeness (QED) is 0.896. The van der Waals surface area contributed by atoms with Gasteiger partial charge in [0.05, 0.1) is 12.2 Å². The Balaban J connectivity index is 2.76. The van der Waals surface area contributed by atoms with Crippen LogP contribution >= 0.6 is 0 Å². The first kappa shape index (κ1) is 16.7. The topological polar surface area (TPSA) is 73.7 Å². The number of carboxylic acid groups (broad SMARTS) is 1. The number of halogens is 3. The van der Waals surface area contributed by atoms with Crippen molar-refractivity contribution < 1.29 is 27.9 Å². The van der Waals surface area contributed by atoms with Crippen molar-refractivity contribution in [1.82, 2.24) is 14.8 Å². The molecular formula is C12H14F3N3O3. The van der Waals surface area contributed by atoms with E-state index in [0.29, 0.717) is 5.69 Å². The molecule has 0 fully saturated rings. The van der Waals surface area contributed by atoms with Gasteiger partial charge in [-0.15, -0.1) is 0 Å². The molecule has 0 atom stereocenters. The Morgan fingerprint density at radius 3 is 2.48 bits per heavy atom. The molecule has 2 amide bonds. The molecular weight excluding hydrogens is 291 g/mol. The SMILES string of the molecule is CN(Cc1ccccn1)C(=O)N(CC(=O)O)CC(F)(F)F. The summed E-state index contributed by atoms with van der Waals surface area (Å²) in [5.41, 5.74) is 0.482. The normalized spacial score (nSPS) is 11.0. The van der Waals surface area contributed by atoms with Crippen LogP contribution in [0, 0.1) is 0 Å². The van der Waals surface area contributed by atoms with Gasteiger partial charge in [0.2, 0.25) is 0 Å². The lowest BCUT2D eigenvalue weighted by molar-refractivity contribution is -0.149. The molecule has 0 unspecified atom stereocenters. The van der Waals surface area contributed by atoms with Gasteiger partial charge in [0, 0.05) is 13.2 Å². The number of aromatic nitrogens is 1. The Kier molecular flexibility index (Phi) is 5.51. The van der Waals surface area contributed by atoms with Crippen LogP contribution in [0.2, 0.25) is 0 Å². The molecule has 0 saturated heterocycles. The smallest absolute Gasteiger partial charge is 0.406 e. The highest BCUT2D eigenvalue weighted by atomic mass is 19.4. The Bertz CT molecular complexity index is 494. The maximum absolute atomic E-state index is 12.4. The van der Waals surface area contributed by atoms with Crippen molar-refractivity contribution >= 4 is 12.0 Å². The summed E-state index contributed by atoms with van der Waals surface area (Å²) in [5.74, 6) is -1.51. The first-order chi connectivity index (χ1) is 9.69. The van der Waals surface area contributed by atoms with Gasteiger partial charge in [-0.05, 0) is 12.1 Å². The predicted molar refractivity (Wildman–Crippen MR) is 66.4 cm³/mol. The fraction of sp³-hybridized carbons (Fsp3) is 0.417. The number of carbonyl (C=O) groups is 2.